The van der Waals surface area contributed by atoms with Gasteiger partial charge in [0, 0.05) is 28.0 Å². The van der Waals surface area contributed by atoms with Gasteiger partial charge < -0.3 is 4.98 Å². The predicted molar refractivity (Wildman–Crippen MR) is 57.0 cm³/mol. The minimum atomic E-state index is -0.605. The highest BCUT2D eigenvalue weighted by atomic mass is 32.1. The van der Waals surface area contributed by atoms with Crippen LogP contribution >= 0.6 is 12.2 Å². The third-order valence-electron chi connectivity index (χ3n) is 1.99. The van der Waals surface area contributed by atoms with E-state index in [2.05, 4.69) is 4.98 Å². The zero-order chi connectivity index (χ0) is 10.8. The third-order valence-corrected chi connectivity index (χ3v) is 2.25. The van der Waals surface area contributed by atoms with Crippen LogP contribution in [0.1, 0.15) is 0 Å². The number of halogens is 2. The second kappa shape index (κ2) is 3.90. The molecule has 1 nitrogen and oxygen atoms in total. The second-order valence-electron chi connectivity index (χ2n) is 3.06. The lowest BCUT2D eigenvalue weighted by molar-refractivity contribution is 0.585. The van der Waals surface area contributed by atoms with Crippen molar-refractivity contribution in [3.8, 4) is 11.3 Å². The van der Waals surface area contributed by atoms with Crippen molar-refractivity contribution in [1.82, 2.24) is 4.98 Å². The number of rotatable bonds is 1. The van der Waals surface area contributed by atoms with E-state index < -0.39 is 11.6 Å². The Bertz CT molecular complexity index is 548. The number of pyridine rings is 1. The summed E-state index contributed by atoms with van der Waals surface area (Å²) in [4.78, 5) is 2.86. The smallest absolute Gasteiger partial charge is 0.135 e. The highest BCUT2D eigenvalue weighted by Gasteiger charge is 2.05. The van der Waals surface area contributed by atoms with Crippen LogP contribution in [0.15, 0.2) is 36.5 Å². The molecule has 0 saturated heterocycles. The quantitative estimate of drug-likeness (QED) is 0.729. The Morgan fingerprint density at radius 2 is 1.87 bits per heavy atom. The van der Waals surface area contributed by atoms with E-state index >= 15 is 0 Å². The SMILES string of the molecule is Fc1ccc(-c2cc(=S)cc[nH]2)c(F)c1. The van der Waals surface area contributed by atoms with Crippen LogP contribution in [0, 0.1) is 16.1 Å². The summed E-state index contributed by atoms with van der Waals surface area (Å²) in [5.74, 6) is -1.20. The summed E-state index contributed by atoms with van der Waals surface area (Å²) in [5.41, 5.74) is 0.850. The van der Waals surface area contributed by atoms with E-state index in [0.717, 1.165) is 6.07 Å². The number of hydrogen-bond acceptors (Lipinski definition) is 1. The Kier molecular flexibility index (Phi) is 2.60. The van der Waals surface area contributed by atoms with Crippen LogP contribution in [-0.2, 0) is 0 Å². The average Bonchev–Trinajstić information content (AvgIpc) is 2.17. The minimum absolute atomic E-state index is 0.308. The van der Waals surface area contributed by atoms with Gasteiger partial charge in [-0.3, -0.25) is 0 Å². The van der Waals surface area contributed by atoms with Crippen LogP contribution in [0.3, 0.4) is 0 Å². The highest BCUT2D eigenvalue weighted by molar-refractivity contribution is 7.71. The first-order valence-electron chi connectivity index (χ1n) is 4.31. The first-order valence-corrected chi connectivity index (χ1v) is 4.72. The van der Waals surface area contributed by atoms with E-state index in [4.69, 9.17) is 12.2 Å². The van der Waals surface area contributed by atoms with E-state index in [1.807, 2.05) is 0 Å². The van der Waals surface area contributed by atoms with Crippen LogP contribution < -0.4 is 0 Å². The lowest BCUT2D eigenvalue weighted by Gasteiger charge is -2.03. The third kappa shape index (κ3) is 2.10. The molecule has 0 fully saturated rings. The molecule has 15 heavy (non-hydrogen) atoms. The Balaban J connectivity index is 2.59. The maximum Gasteiger partial charge on any atom is 0.135 e. The fraction of sp³-hybridized carbons (Fsp3) is 0. The summed E-state index contributed by atoms with van der Waals surface area (Å²) in [6, 6.07) is 6.76. The van der Waals surface area contributed by atoms with Crippen molar-refractivity contribution in [2.24, 2.45) is 0 Å². The van der Waals surface area contributed by atoms with Gasteiger partial charge in [0.1, 0.15) is 11.6 Å². The molecule has 0 aliphatic heterocycles. The van der Waals surface area contributed by atoms with Crippen molar-refractivity contribution in [3.63, 3.8) is 0 Å². The number of aromatic amines is 1. The molecule has 0 aliphatic carbocycles. The zero-order valence-corrected chi connectivity index (χ0v) is 8.44. The van der Waals surface area contributed by atoms with E-state index in [1.165, 1.54) is 12.1 Å². The second-order valence-corrected chi connectivity index (χ2v) is 3.53. The largest absolute Gasteiger partial charge is 0.361 e. The van der Waals surface area contributed by atoms with Gasteiger partial charge in [-0.25, -0.2) is 8.78 Å². The number of aromatic nitrogens is 1. The number of H-pyrrole nitrogens is 1. The number of hydrogen-bond donors (Lipinski definition) is 1. The van der Waals surface area contributed by atoms with Crippen molar-refractivity contribution in [2.45, 2.75) is 0 Å². The van der Waals surface area contributed by atoms with Gasteiger partial charge in [-0.15, -0.1) is 0 Å². The highest BCUT2D eigenvalue weighted by Crippen LogP contribution is 2.21. The fourth-order valence-electron chi connectivity index (χ4n) is 1.31. The monoisotopic (exact) mass is 223 g/mol. The van der Waals surface area contributed by atoms with Crippen LogP contribution in [0.5, 0.6) is 0 Å². The fourth-order valence-corrected chi connectivity index (χ4v) is 1.49. The Hall–Kier alpha value is -1.55. The van der Waals surface area contributed by atoms with Gasteiger partial charge in [0.15, 0.2) is 0 Å². The van der Waals surface area contributed by atoms with E-state index in [9.17, 15) is 8.78 Å². The van der Waals surface area contributed by atoms with Gasteiger partial charge in [0.2, 0.25) is 0 Å². The van der Waals surface area contributed by atoms with Gasteiger partial charge in [-0.05, 0) is 24.3 Å². The van der Waals surface area contributed by atoms with E-state index in [1.54, 1.807) is 18.3 Å². The van der Waals surface area contributed by atoms with Gasteiger partial charge in [-0.2, -0.15) is 0 Å². The molecule has 1 heterocycles. The average molecular weight is 223 g/mol. The molecule has 1 aromatic carbocycles. The summed E-state index contributed by atoms with van der Waals surface area (Å²) in [6.07, 6.45) is 1.63. The molecule has 0 atom stereocenters. The normalized spacial score (nSPS) is 10.3. The van der Waals surface area contributed by atoms with Crippen LogP contribution in [-0.4, -0.2) is 4.98 Å². The van der Waals surface area contributed by atoms with Crippen LogP contribution in [0.25, 0.3) is 11.3 Å². The van der Waals surface area contributed by atoms with Gasteiger partial charge >= 0.3 is 0 Å². The summed E-state index contributed by atoms with van der Waals surface area (Å²) < 4.78 is 26.6. The molecular formula is C11H7F2NS. The summed E-state index contributed by atoms with van der Waals surface area (Å²) in [6.45, 7) is 0. The standard InChI is InChI=1S/C11H7F2NS/c12-7-1-2-9(10(13)5-7)11-6-8(15)3-4-14-11/h1-6H,(H,14,15). The zero-order valence-electron chi connectivity index (χ0n) is 7.63. The molecule has 0 spiro atoms. The lowest BCUT2D eigenvalue weighted by Crippen LogP contribution is -1.88. The number of nitrogens with one attached hydrogen (secondary N) is 1. The molecule has 0 amide bonds. The molecule has 2 aromatic rings. The molecule has 0 radical (unpaired) electrons. The van der Waals surface area contributed by atoms with Crippen LogP contribution in [0.2, 0.25) is 0 Å². The molecule has 2 rings (SSSR count). The van der Waals surface area contributed by atoms with Crippen molar-refractivity contribution in [2.75, 3.05) is 0 Å². The Labute approximate surface area is 90.4 Å². The Morgan fingerprint density at radius 3 is 2.53 bits per heavy atom. The van der Waals surface area contributed by atoms with Crippen molar-refractivity contribution >= 4 is 12.2 Å². The van der Waals surface area contributed by atoms with E-state index in [0.29, 0.717) is 15.8 Å². The number of benzene rings is 1. The van der Waals surface area contributed by atoms with Crippen molar-refractivity contribution in [3.05, 3.63) is 52.7 Å². The van der Waals surface area contributed by atoms with Crippen molar-refractivity contribution in [1.29, 1.82) is 0 Å². The minimum Gasteiger partial charge on any atom is -0.361 e. The lowest BCUT2D eigenvalue weighted by atomic mass is 10.1. The van der Waals surface area contributed by atoms with Gasteiger partial charge in [0.05, 0.1) is 0 Å². The van der Waals surface area contributed by atoms with E-state index in [-0.39, 0.29) is 0 Å². The van der Waals surface area contributed by atoms with Gasteiger partial charge in [0.25, 0.3) is 0 Å². The molecular weight excluding hydrogens is 216 g/mol. The first kappa shape index (κ1) is 9.98. The maximum atomic E-state index is 13.4. The topological polar surface area (TPSA) is 15.8 Å². The molecule has 1 aromatic heterocycles. The van der Waals surface area contributed by atoms with Crippen molar-refractivity contribution < 1.29 is 8.78 Å². The molecule has 76 valence electrons. The molecule has 1 N–H and O–H groups in total. The first-order chi connectivity index (χ1) is 7.16. The predicted octanol–water partition coefficient (Wildman–Crippen LogP) is 3.69. The Morgan fingerprint density at radius 1 is 1.07 bits per heavy atom. The summed E-state index contributed by atoms with van der Waals surface area (Å²) in [7, 11) is 0. The van der Waals surface area contributed by atoms with Crippen LogP contribution in [0.4, 0.5) is 8.78 Å². The summed E-state index contributed by atoms with van der Waals surface area (Å²) in [5, 5.41) is 0. The van der Waals surface area contributed by atoms with Gasteiger partial charge in [-0.1, -0.05) is 12.2 Å². The molecule has 0 bridgehead atoms. The molecule has 0 unspecified atom stereocenters. The molecule has 0 aliphatic rings. The maximum absolute atomic E-state index is 13.4. The summed E-state index contributed by atoms with van der Waals surface area (Å²) >= 11 is 4.95. The molecule has 4 heteroatoms. The molecule has 0 saturated carbocycles.